The van der Waals surface area contributed by atoms with Gasteiger partial charge in [0.1, 0.15) is 11.6 Å². The molecule has 1 N–H and O–H groups in total. The highest BCUT2D eigenvalue weighted by Gasteiger charge is 2.04. The Hall–Kier alpha value is -2.33. The standard InChI is InChI=1S/C16H13ClFNO2/c1-21-14-4-2-3-11(16(14)17)5-10-15(20)19-13-8-6-12(18)7-9-13/h2-10H,1H3,(H,19,20)/b10-5+. The first-order valence-corrected chi connectivity index (χ1v) is 6.55. The second kappa shape index (κ2) is 6.90. The van der Waals surface area contributed by atoms with E-state index in [9.17, 15) is 9.18 Å². The number of carbonyl (C=O) groups excluding carboxylic acids is 1. The molecule has 2 aromatic rings. The van der Waals surface area contributed by atoms with Crippen LogP contribution in [-0.2, 0) is 4.79 Å². The molecule has 2 aromatic carbocycles. The Labute approximate surface area is 127 Å². The van der Waals surface area contributed by atoms with Crippen LogP contribution in [0.2, 0.25) is 5.02 Å². The van der Waals surface area contributed by atoms with Gasteiger partial charge < -0.3 is 10.1 Å². The average molecular weight is 306 g/mol. The molecule has 0 heterocycles. The van der Waals surface area contributed by atoms with Gasteiger partial charge in [0.05, 0.1) is 12.1 Å². The van der Waals surface area contributed by atoms with Gasteiger partial charge in [0, 0.05) is 11.8 Å². The maximum Gasteiger partial charge on any atom is 0.248 e. The molecule has 0 unspecified atom stereocenters. The largest absolute Gasteiger partial charge is 0.495 e. The van der Waals surface area contributed by atoms with E-state index < -0.39 is 0 Å². The third kappa shape index (κ3) is 4.07. The summed E-state index contributed by atoms with van der Waals surface area (Å²) in [6, 6.07) is 10.8. The van der Waals surface area contributed by atoms with Crippen molar-refractivity contribution in [3.05, 3.63) is 64.9 Å². The molecule has 5 heteroatoms. The van der Waals surface area contributed by atoms with Crippen LogP contribution in [0.4, 0.5) is 10.1 Å². The maximum atomic E-state index is 12.8. The molecule has 0 saturated carbocycles. The minimum absolute atomic E-state index is 0.333. The average Bonchev–Trinajstić information content (AvgIpc) is 2.48. The van der Waals surface area contributed by atoms with E-state index in [-0.39, 0.29) is 11.7 Å². The van der Waals surface area contributed by atoms with E-state index >= 15 is 0 Å². The van der Waals surface area contributed by atoms with Gasteiger partial charge in [-0.15, -0.1) is 0 Å². The van der Waals surface area contributed by atoms with Crippen molar-refractivity contribution in [1.82, 2.24) is 0 Å². The van der Waals surface area contributed by atoms with E-state index in [1.807, 2.05) is 0 Å². The van der Waals surface area contributed by atoms with Crippen LogP contribution < -0.4 is 10.1 Å². The van der Waals surface area contributed by atoms with Crippen LogP contribution in [0.5, 0.6) is 5.75 Å². The number of methoxy groups -OCH3 is 1. The molecule has 0 aromatic heterocycles. The molecular formula is C16H13ClFNO2. The fraction of sp³-hybridized carbons (Fsp3) is 0.0625. The third-order valence-electron chi connectivity index (χ3n) is 2.74. The number of carbonyl (C=O) groups is 1. The molecule has 0 atom stereocenters. The van der Waals surface area contributed by atoms with Gasteiger partial charge in [0.15, 0.2) is 0 Å². The predicted octanol–water partition coefficient (Wildman–Crippen LogP) is 4.14. The Morgan fingerprint density at radius 3 is 2.62 bits per heavy atom. The molecule has 0 aliphatic carbocycles. The second-order valence-electron chi connectivity index (χ2n) is 4.19. The van der Waals surface area contributed by atoms with Crippen LogP contribution in [0.25, 0.3) is 6.08 Å². The summed E-state index contributed by atoms with van der Waals surface area (Å²) in [6.45, 7) is 0. The lowest BCUT2D eigenvalue weighted by atomic mass is 10.2. The summed E-state index contributed by atoms with van der Waals surface area (Å²) in [6.07, 6.45) is 2.94. The molecule has 0 spiro atoms. The highest BCUT2D eigenvalue weighted by atomic mass is 35.5. The van der Waals surface area contributed by atoms with Gasteiger partial charge in [-0.2, -0.15) is 0 Å². The minimum atomic E-state index is -0.355. The summed E-state index contributed by atoms with van der Waals surface area (Å²) in [7, 11) is 1.52. The fourth-order valence-corrected chi connectivity index (χ4v) is 1.96. The Morgan fingerprint density at radius 2 is 1.95 bits per heavy atom. The van der Waals surface area contributed by atoms with E-state index in [1.54, 1.807) is 24.3 Å². The summed E-state index contributed by atoms with van der Waals surface area (Å²) < 4.78 is 17.9. The van der Waals surface area contributed by atoms with E-state index in [2.05, 4.69) is 5.32 Å². The zero-order chi connectivity index (χ0) is 15.2. The van der Waals surface area contributed by atoms with Crippen molar-refractivity contribution in [2.45, 2.75) is 0 Å². The number of amides is 1. The van der Waals surface area contributed by atoms with Crippen molar-refractivity contribution >= 4 is 29.3 Å². The smallest absolute Gasteiger partial charge is 0.248 e. The SMILES string of the molecule is COc1cccc(/C=C/C(=O)Nc2ccc(F)cc2)c1Cl. The van der Waals surface area contributed by atoms with Crippen molar-refractivity contribution in [2.75, 3.05) is 12.4 Å². The molecule has 3 nitrogen and oxygen atoms in total. The second-order valence-corrected chi connectivity index (χ2v) is 4.57. The van der Waals surface area contributed by atoms with Gasteiger partial charge in [-0.25, -0.2) is 4.39 Å². The van der Waals surface area contributed by atoms with Crippen LogP contribution >= 0.6 is 11.6 Å². The monoisotopic (exact) mass is 305 g/mol. The fourth-order valence-electron chi connectivity index (χ4n) is 1.70. The third-order valence-corrected chi connectivity index (χ3v) is 3.14. The molecule has 0 saturated heterocycles. The summed E-state index contributed by atoms with van der Waals surface area (Å²) in [5.41, 5.74) is 1.19. The lowest BCUT2D eigenvalue weighted by Gasteiger charge is -2.05. The van der Waals surface area contributed by atoms with Crippen molar-refractivity contribution in [3.8, 4) is 5.75 Å². The molecule has 0 bridgehead atoms. The first-order chi connectivity index (χ1) is 10.1. The molecule has 21 heavy (non-hydrogen) atoms. The molecule has 0 aliphatic rings. The first kappa shape index (κ1) is 15.1. The quantitative estimate of drug-likeness (QED) is 0.862. The van der Waals surface area contributed by atoms with Crippen LogP contribution in [0, 0.1) is 5.82 Å². The van der Waals surface area contributed by atoms with E-state index in [4.69, 9.17) is 16.3 Å². The molecule has 1 amide bonds. The van der Waals surface area contributed by atoms with Crippen LogP contribution in [0.15, 0.2) is 48.5 Å². The highest BCUT2D eigenvalue weighted by molar-refractivity contribution is 6.33. The lowest BCUT2D eigenvalue weighted by molar-refractivity contribution is -0.111. The van der Waals surface area contributed by atoms with Gasteiger partial charge >= 0.3 is 0 Å². The number of rotatable bonds is 4. The van der Waals surface area contributed by atoms with Crippen molar-refractivity contribution < 1.29 is 13.9 Å². The zero-order valence-electron chi connectivity index (χ0n) is 11.3. The Bertz CT molecular complexity index is 668. The molecular weight excluding hydrogens is 293 g/mol. The van der Waals surface area contributed by atoms with Crippen LogP contribution in [0.3, 0.4) is 0 Å². The van der Waals surface area contributed by atoms with E-state index in [0.717, 1.165) is 0 Å². The number of nitrogens with one attached hydrogen (secondary N) is 1. The molecule has 0 fully saturated rings. The lowest BCUT2D eigenvalue weighted by Crippen LogP contribution is -2.07. The van der Waals surface area contributed by atoms with Crippen LogP contribution in [-0.4, -0.2) is 13.0 Å². The number of hydrogen-bond acceptors (Lipinski definition) is 2. The maximum absolute atomic E-state index is 12.8. The summed E-state index contributed by atoms with van der Waals surface area (Å²) in [4.78, 5) is 11.8. The summed E-state index contributed by atoms with van der Waals surface area (Å²) in [5, 5.41) is 3.06. The van der Waals surface area contributed by atoms with Gasteiger partial charge in [0.2, 0.25) is 5.91 Å². The topological polar surface area (TPSA) is 38.3 Å². The van der Waals surface area contributed by atoms with Gasteiger partial charge in [0.25, 0.3) is 0 Å². The van der Waals surface area contributed by atoms with Gasteiger partial charge in [-0.05, 0) is 42.0 Å². The Balaban J connectivity index is 2.07. The predicted molar refractivity (Wildman–Crippen MR) is 82.1 cm³/mol. The number of halogens is 2. The van der Waals surface area contributed by atoms with E-state index in [0.29, 0.717) is 22.0 Å². The Morgan fingerprint density at radius 1 is 1.24 bits per heavy atom. The summed E-state index contributed by atoms with van der Waals surface area (Å²) in [5.74, 6) is -0.148. The van der Waals surface area contributed by atoms with E-state index in [1.165, 1.54) is 37.5 Å². The van der Waals surface area contributed by atoms with Gasteiger partial charge in [-0.3, -0.25) is 4.79 Å². The van der Waals surface area contributed by atoms with Crippen LogP contribution in [0.1, 0.15) is 5.56 Å². The first-order valence-electron chi connectivity index (χ1n) is 6.17. The molecule has 108 valence electrons. The number of benzene rings is 2. The van der Waals surface area contributed by atoms with Crippen molar-refractivity contribution in [3.63, 3.8) is 0 Å². The van der Waals surface area contributed by atoms with Gasteiger partial charge in [-0.1, -0.05) is 23.7 Å². The normalized spacial score (nSPS) is 10.6. The number of anilines is 1. The molecule has 0 radical (unpaired) electrons. The minimum Gasteiger partial charge on any atom is -0.495 e. The van der Waals surface area contributed by atoms with Crippen molar-refractivity contribution in [2.24, 2.45) is 0 Å². The zero-order valence-corrected chi connectivity index (χ0v) is 12.0. The molecule has 0 aliphatic heterocycles. The number of ether oxygens (including phenoxy) is 1. The van der Waals surface area contributed by atoms with Crippen molar-refractivity contribution in [1.29, 1.82) is 0 Å². The molecule has 2 rings (SSSR count). The number of hydrogen-bond donors (Lipinski definition) is 1. The Kier molecular flexibility index (Phi) is 4.95. The highest BCUT2D eigenvalue weighted by Crippen LogP contribution is 2.28. The summed E-state index contributed by atoms with van der Waals surface area (Å²) >= 11 is 6.12.